The summed E-state index contributed by atoms with van der Waals surface area (Å²) in [7, 11) is 0. The number of nitrogens with one attached hydrogen (secondary N) is 1. The molecule has 0 saturated heterocycles. The van der Waals surface area contributed by atoms with Crippen LogP contribution < -0.4 is 5.32 Å². The van der Waals surface area contributed by atoms with E-state index in [4.69, 9.17) is 11.6 Å². The summed E-state index contributed by atoms with van der Waals surface area (Å²) in [6.45, 7) is 6.93. The van der Waals surface area contributed by atoms with Gasteiger partial charge in [0.15, 0.2) is 0 Å². The Morgan fingerprint density at radius 3 is 2.26 bits per heavy atom. The smallest absolute Gasteiger partial charge is 0.0406 e. The molecule has 0 bridgehead atoms. The summed E-state index contributed by atoms with van der Waals surface area (Å²) in [5.74, 6) is 1.54. The van der Waals surface area contributed by atoms with Crippen molar-refractivity contribution in [3.8, 4) is 0 Å². The Labute approximate surface area is 122 Å². The first-order valence-corrected chi connectivity index (χ1v) is 8.03. The fourth-order valence-electron chi connectivity index (χ4n) is 3.26. The number of hydrogen-bond acceptors (Lipinski definition) is 1. The number of benzene rings is 1. The lowest BCUT2D eigenvalue weighted by Gasteiger charge is -2.39. The molecule has 1 saturated carbocycles. The summed E-state index contributed by atoms with van der Waals surface area (Å²) in [6.07, 6.45) is 5.09. The van der Waals surface area contributed by atoms with Gasteiger partial charge < -0.3 is 5.32 Å². The Bertz CT molecular complexity index is 377. The fraction of sp³-hybridized carbons (Fsp3) is 0.647. The second-order valence-electron chi connectivity index (χ2n) is 5.95. The molecule has 2 rings (SSSR count). The van der Waals surface area contributed by atoms with Crippen molar-refractivity contribution >= 4 is 11.6 Å². The van der Waals surface area contributed by atoms with E-state index in [9.17, 15) is 0 Å². The minimum atomic E-state index is 0.645. The molecule has 106 valence electrons. The van der Waals surface area contributed by atoms with Crippen LogP contribution in [0.25, 0.3) is 0 Å². The lowest BCUT2D eigenvalue weighted by molar-refractivity contribution is 0.232. The van der Waals surface area contributed by atoms with E-state index in [2.05, 4.69) is 38.2 Å². The Morgan fingerprint density at radius 2 is 1.74 bits per heavy atom. The molecule has 2 heteroatoms. The topological polar surface area (TPSA) is 12.0 Å². The van der Waals surface area contributed by atoms with Gasteiger partial charge in [-0.2, -0.15) is 0 Å². The van der Waals surface area contributed by atoms with Gasteiger partial charge in [0.2, 0.25) is 0 Å². The molecule has 1 fully saturated rings. The average molecular weight is 280 g/mol. The quantitative estimate of drug-likeness (QED) is 0.773. The summed E-state index contributed by atoms with van der Waals surface area (Å²) in [4.78, 5) is 0. The molecule has 0 aliphatic heterocycles. The maximum atomic E-state index is 5.93. The molecular formula is C17H26ClN. The lowest BCUT2D eigenvalue weighted by Crippen LogP contribution is -2.46. The van der Waals surface area contributed by atoms with Gasteiger partial charge in [-0.05, 0) is 49.3 Å². The molecule has 0 amide bonds. The second kappa shape index (κ2) is 6.76. The van der Waals surface area contributed by atoms with Crippen LogP contribution in [0.5, 0.6) is 0 Å². The first kappa shape index (κ1) is 14.9. The van der Waals surface area contributed by atoms with E-state index < -0.39 is 0 Å². The maximum Gasteiger partial charge on any atom is 0.0406 e. The van der Waals surface area contributed by atoms with Crippen molar-refractivity contribution in [2.45, 2.75) is 64.5 Å². The predicted octanol–water partition coefficient (Wildman–Crippen LogP) is 5.00. The Kier molecular flexibility index (Phi) is 5.29. The van der Waals surface area contributed by atoms with Crippen LogP contribution in [-0.2, 0) is 0 Å². The van der Waals surface area contributed by atoms with Crippen molar-refractivity contribution < 1.29 is 0 Å². The van der Waals surface area contributed by atoms with Crippen LogP contribution in [0.4, 0.5) is 0 Å². The van der Waals surface area contributed by atoms with Crippen LogP contribution in [0.15, 0.2) is 24.3 Å². The average Bonchev–Trinajstić information content (AvgIpc) is 2.36. The molecule has 0 heterocycles. The molecule has 1 unspecified atom stereocenters. The zero-order chi connectivity index (χ0) is 13.8. The highest BCUT2D eigenvalue weighted by molar-refractivity contribution is 6.30. The largest absolute Gasteiger partial charge is 0.311 e. The summed E-state index contributed by atoms with van der Waals surface area (Å²) in [5, 5.41) is 4.64. The molecular weight excluding hydrogens is 254 g/mol. The van der Waals surface area contributed by atoms with Crippen LogP contribution in [0.1, 0.15) is 57.9 Å². The number of hydrogen-bond donors (Lipinski definition) is 1. The zero-order valence-electron chi connectivity index (χ0n) is 12.3. The van der Waals surface area contributed by atoms with Crippen LogP contribution in [-0.4, -0.2) is 12.1 Å². The van der Waals surface area contributed by atoms with Gasteiger partial charge in [-0.15, -0.1) is 0 Å². The molecule has 0 radical (unpaired) electrons. The van der Waals surface area contributed by atoms with E-state index in [1.165, 1.54) is 31.2 Å². The first-order valence-electron chi connectivity index (χ1n) is 7.65. The molecule has 1 nitrogen and oxygen atoms in total. The van der Waals surface area contributed by atoms with Crippen molar-refractivity contribution in [2.75, 3.05) is 0 Å². The van der Waals surface area contributed by atoms with Gasteiger partial charge in [-0.25, -0.2) is 0 Å². The molecule has 0 aromatic heterocycles. The molecule has 1 N–H and O–H groups in total. The van der Waals surface area contributed by atoms with Gasteiger partial charge >= 0.3 is 0 Å². The third-order valence-electron chi connectivity index (χ3n) is 4.73. The van der Waals surface area contributed by atoms with E-state index in [1.807, 2.05) is 12.1 Å². The lowest BCUT2D eigenvalue weighted by atomic mass is 9.75. The Hall–Kier alpha value is -0.530. The van der Waals surface area contributed by atoms with Crippen molar-refractivity contribution in [1.82, 2.24) is 5.32 Å². The molecule has 0 spiro atoms. The van der Waals surface area contributed by atoms with Gasteiger partial charge in [0.25, 0.3) is 0 Å². The highest BCUT2D eigenvalue weighted by atomic mass is 35.5. The van der Waals surface area contributed by atoms with Crippen LogP contribution in [0.2, 0.25) is 5.02 Å². The molecule has 1 aliphatic carbocycles. The number of rotatable bonds is 6. The molecule has 1 atom stereocenters. The SMILES string of the molecule is CCC(CC)C(C)NC1CC(c2ccc(Cl)cc2)C1. The minimum Gasteiger partial charge on any atom is -0.311 e. The van der Waals surface area contributed by atoms with Gasteiger partial charge in [0, 0.05) is 17.1 Å². The predicted molar refractivity (Wildman–Crippen MR) is 83.9 cm³/mol. The third-order valence-corrected chi connectivity index (χ3v) is 4.99. The van der Waals surface area contributed by atoms with Crippen molar-refractivity contribution in [3.63, 3.8) is 0 Å². The summed E-state index contributed by atoms with van der Waals surface area (Å²) in [6, 6.07) is 9.71. The third kappa shape index (κ3) is 3.73. The Morgan fingerprint density at radius 1 is 1.16 bits per heavy atom. The minimum absolute atomic E-state index is 0.645. The van der Waals surface area contributed by atoms with Gasteiger partial charge in [0.1, 0.15) is 0 Å². The van der Waals surface area contributed by atoms with E-state index in [0.29, 0.717) is 12.1 Å². The van der Waals surface area contributed by atoms with Crippen molar-refractivity contribution in [3.05, 3.63) is 34.9 Å². The zero-order valence-corrected chi connectivity index (χ0v) is 13.1. The standard InChI is InChI=1S/C17H26ClN/c1-4-13(5-2)12(3)19-17-10-15(11-17)14-6-8-16(18)9-7-14/h6-9,12-13,15,17,19H,4-5,10-11H2,1-3H3. The highest BCUT2D eigenvalue weighted by Gasteiger charge is 2.31. The van der Waals surface area contributed by atoms with E-state index in [1.54, 1.807) is 0 Å². The summed E-state index contributed by atoms with van der Waals surface area (Å²) < 4.78 is 0. The second-order valence-corrected chi connectivity index (χ2v) is 6.39. The van der Waals surface area contributed by atoms with E-state index >= 15 is 0 Å². The first-order chi connectivity index (χ1) is 9.13. The van der Waals surface area contributed by atoms with E-state index in [-0.39, 0.29) is 0 Å². The molecule has 1 aromatic carbocycles. The molecule has 1 aliphatic rings. The van der Waals surface area contributed by atoms with Crippen molar-refractivity contribution in [2.24, 2.45) is 5.92 Å². The number of halogens is 1. The van der Waals surface area contributed by atoms with Gasteiger partial charge in [0.05, 0.1) is 0 Å². The van der Waals surface area contributed by atoms with Crippen LogP contribution >= 0.6 is 11.6 Å². The monoisotopic (exact) mass is 279 g/mol. The van der Waals surface area contributed by atoms with Crippen molar-refractivity contribution in [1.29, 1.82) is 0 Å². The highest BCUT2D eigenvalue weighted by Crippen LogP contribution is 2.37. The Balaban J connectivity index is 1.78. The van der Waals surface area contributed by atoms with E-state index in [0.717, 1.165) is 16.9 Å². The van der Waals surface area contributed by atoms with Crippen LogP contribution in [0.3, 0.4) is 0 Å². The van der Waals surface area contributed by atoms with Crippen LogP contribution in [0, 0.1) is 5.92 Å². The summed E-state index contributed by atoms with van der Waals surface area (Å²) in [5.41, 5.74) is 1.44. The fourth-order valence-corrected chi connectivity index (χ4v) is 3.39. The maximum absolute atomic E-state index is 5.93. The molecule has 19 heavy (non-hydrogen) atoms. The van der Waals surface area contributed by atoms with Gasteiger partial charge in [-0.1, -0.05) is 50.4 Å². The van der Waals surface area contributed by atoms with Gasteiger partial charge in [-0.3, -0.25) is 0 Å². The molecule has 1 aromatic rings. The summed E-state index contributed by atoms with van der Waals surface area (Å²) >= 11 is 5.93. The normalized spacial score (nSPS) is 24.3.